The predicted octanol–water partition coefficient (Wildman–Crippen LogP) is 5.91. The first kappa shape index (κ1) is 32.6. The first-order valence-electron chi connectivity index (χ1n) is 18.0. The van der Waals surface area contributed by atoms with Crippen molar-refractivity contribution in [3.63, 3.8) is 0 Å². The third kappa shape index (κ3) is 6.54. The van der Waals surface area contributed by atoms with E-state index in [0.717, 1.165) is 62.7 Å². The normalized spacial score (nSPS) is 21.4. The molecule has 9 heteroatoms. The fourth-order valence-corrected chi connectivity index (χ4v) is 8.12. The molecule has 7 rings (SSSR count). The van der Waals surface area contributed by atoms with Gasteiger partial charge >= 0.3 is 0 Å². The van der Waals surface area contributed by atoms with Crippen molar-refractivity contribution in [3.05, 3.63) is 93.4 Å². The number of amides is 2. The smallest absolute Gasteiger partial charge is 0.274 e. The number of hydrogen-bond acceptors (Lipinski definition) is 6. The summed E-state index contributed by atoms with van der Waals surface area (Å²) in [6.07, 6.45) is 11.2. The van der Waals surface area contributed by atoms with E-state index in [2.05, 4.69) is 35.8 Å². The average Bonchev–Trinajstić information content (AvgIpc) is 3.79. The number of pyridine rings is 1. The lowest BCUT2D eigenvalue weighted by molar-refractivity contribution is -0.117. The van der Waals surface area contributed by atoms with E-state index >= 15 is 0 Å². The highest BCUT2D eigenvalue weighted by atomic mass is 16.5. The molecule has 3 atom stereocenters. The molecule has 2 saturated carbocycles. The highest BCUT2D eigenvalue weighted by Crippen LogP contribution is 2.49. The Hall–Kier alpha value is -3.95. The lowest BCUT2D eigenvalue weighted by Crippen LogP contribution is -2.49. The average molecular weight is 653 g/mol. The fourth-order valence-electron chi connectivity index (χ4n) is 8.12. The van der Waals surface area contributed by atoms with E-state index in [0.29, 0.717) is 37.9 Å². The summed E-state index contributed by atoms with van der Waals surface area (Å²) in [6.45, 7) is 3.20. The van der Waals surface area contributed by atoms with Crippen molar-refractivity contribution >= 4 is 17.5 Å². The number of carbonyl (C=O) groups is 2. The first-order valence-corrected chi connectivity index (χ1v) is 18.0. The van der Waals surface area contributed by atoms with Crippen molar-refractivity contribution in [1.82, 2.24) is 15.2 Å². The molecule has 2 aliphatic carbocycles. The van der Waals surface area contributed by atoms with Crippen LogP contribution >= 0.6 is 0 Å². The molecule has 3 heterocycles. The number of aromatic nitrogens is 1. The zero-order chi connectivity index (χ0) is 33.3. The summed E-state index contributed by atoms with van der Waals surface area (Å²) in [7, 11) is 0. The quantitative estimate of drug-likeness (QED) is 0.238. The second-order valence-corrected chi connectivity index (χ2v) is 14.2. The van der Waals surface area contributed by atoms with Crippen molar-refractivity contribution < 1.29 is 19.4 Å². The van der Waals surface area contributed by atoms with Gasteiger partial charge in [-0.3, -0.25) is 14.4 Å². The monoisotopic (exact) mass is 652 g/mol. The maximum absolute atomic E-state index is 14.1. The molecule has 3 N–H and O–H groups in total. The molecule has 3 aromatic rings. The van der Waals surface area contributed by atoms with Gasteiger partial charge in [0.05, 0.1) is 17.7 Å². The molecule has 2 aromatic carbocycles. The molecule has 2 amide bonds. The molecule has 4 aliphatic rings. The van der Waals surface area contributed by atoms with E-state index < -0.39 is 12.1 Å². The Balaban J connectivity index is 1.14. The van der Waals surface area contributed by atoms with Crippen LogP contribution in [0.5, 0.6) is 5.75 Å². The summed E-state index contributed by atoms with van der Waals surface area (Å²) in [5.41, 5.74) is 3.43. The van der Waals surface area contributed by atoms with Crippen molar-refractivity contribution in [2.24, 2.45) is 0 Å². The molecule has 9 nitrogen and oxygen atoms in total. The number of aliphatic hydroxyl groups excluding tert-OH is 1. The molecular formula is C39H48N4O5. The van der Waals surface area contributed by atoms with E-state index in [1.165, 1.54) is 22.4 Å². The van der Waals surface area contributed by atoms with Gasteiger partial charge in [-0.15, -0.1) is 0 Å². The number of nitrogens with zero attached hydrogens (tertiary/aromatic N) is 2. The number of aliphatic hydroxyl groups is 1. The number of carbonyl (C=O) groups excluding carboxylic acids is 2. The van der Waals surface area contributed by atoms with Crippen LogP contribution in [0.25, 0.3) is 0 Å². The molecule has 2 aliphatic heterocycles. The van der Waals surface area contributed by atoms with Gasteiger partial charge in [0.25, 0.3) is 11.5 Å². The minimum atomic E-state index is -0.941. The summed E-state index contributed by atoms with van der Waals surface area (Å²) in [6, 6.07) is 17.0. The van der Waals surface area contributed by atoms with Crippen LogP contribution in [0, 0.1) is 0 Å². The Morgan fingerprint density at radius 1 is 1.04 bits per heavy atom. The number of rotatable bonds is 11. The maximum atomic E-state index is 14.1. The number of nitrogens with one attached hydrogen (secondary N) is 2. The van der Waals surface area contributed by atoms with E-state index in [1.807, 2.05) is 30.3 Å². The summed E-state index contributed by atoms with van der Waals surface area (Å²) in [5.74, 6) is 0.497. The van der Waals surface area contributed by atoms with Gasteiger partial charge in [0.1, 0.15) is 17.0 Å². The molecule has 2 unspecified atom stereocenters. The van der Waals surface area contributed by atoms with Gasteiger partial charge in [0.15, 0.2) is 0 Å². The topological polar surface area (TPSA) is 113 Å². The summed E-state index contributed by atoms with van der Waals surface area (Å²) < 4.78 is 8.21. The van der Waals surface area contributed by atoms with Crippen molar-refractivity contribution in [3.8, 4) is 5.75 Å². The van der Waals surface area contributed by atoms with Crippen LogP contribution in [0.4, 0.5) is 5.69 Å². The Morgan fingerprint density at radius 3 is 2.52 bits per heavy atom. The van der Waals surface area contributed by atoms with Gasteiger partial charge in [-0.2, -0.15) is 0 Å². The molecule has 1 spiro atoms. The molecule has 0 radical (unpaired) electrons. The highest BCUT2D eigenvalue weighted by Gasteiger charge is 2.45. The Morgan fingerprint density at radius 2 is 1.83 bits per heavy atom. The van der Waals surface area contributed by atoms with Crippen molar-refractivity contribution in [1.29, 1.82) is 0 Å². The fraction of sp³-hybridized carbons (Fsp3) is 0.513. The largest absolute Gasteiger partial charge is 0.487 e. The molecule has 1 saturated heterocycles. The zero-order valence-electron chi connectivity index (χ0n) is 28.0. The van der Waals surface area contributed by atoms with Gasteiger partial charge in [-0.25, -0.2) is 0 Å². The van der Waals surface area contributed by atoms with Crippen LogP contribution in [-0.2, 0) is 11.2 Å². The second-order valence-electron chi connectivity index (χ2n) is 14.2. The van der Waals surface area contributed by atoms with Crippen molar-refractivity contribution in [2.45, 2.75) is 114 Å². The molecule has 1 aromatic heterocycles. The number of hydrogen-bond donors (Lipinski definition) is 3. The van der Waals surface area contributed by atoms with Gasteiger partial charge in [0, 0.05) is 43.2 Å². The zero-order valence-corrected chi connectivity index (χ0v) is 28.0. The van der Waals surface area contributed by atoms with Gasteiger partial charge in [-0.05, 0) is 81.2 Å². The maximum Gasteiger partial charge on any atom is 0.274 e. The number of aryl methyl sites for hydroxylation is 1. The molecule has 48 heavy (non-hydrogen) atoms. The molecule has 0 bridgehead atoms. The number of fused-ring (bicyclic) bond motifs is 1. The first-order chi connectivity index (χ1) is 23.3. The number of benzene rings is 2. The lowest BCUT2D eigenvalue weighted by Gasteiger charge is -2.48. The van der Waals surface area contributed by atoms with Crippen LogP contribution < -0.4 is 25.8 Å². The minimum absolute atomic E-state index is 0.00569. The van der Waals surface area contributed by atoms with E-state index in [1.54, 1.807) is 16.8 Å². The van der Waals surface area contributed by atoms with E-state index in [-0.39, 0.29) is 40.7 Å². The van der Waals surface area contributed by atoms with Crippen LogP contribution in [0.15, 0.2) is 65.6 Å². The van der Waals surface area contributed by atoms with E-state index in [9.17, 15) is 19.5 Å². The lowest BCUT2D eigenvalue weighted by atomic mass is 9.72. The highest BCUT2D eigenvalue weighted by molar-refractivity contribution is 5.98. The predicted molar refractivity (Wildman–Crippen MR) is 185 cm³/mol. The van der Waals surface area contributed by atoms with Crippen LogP contribution in [-0.4, -0.2) is 46.2 Å². The minimum Gasteiger partial charge on any atom is -0.487 e. The SMILES string of the molecule is CCc1ccc2c(c1)C(NCCC(NC(=O)c1cc(N3CCCC3=O)c(=O)n(C3CCCC3)c1)[C@H](O)c1ccccc1)CC1(CCC1)O2. The second kappa shape index (κ2) is 13.9. The summed E-state index contributed by atoms with van der Waals surface area (Å²) in [4.78, 5) is 42.0. The molecular weight excluding hydrogens is 604 g/mol. The van der Waals surface area contributed by atoms with Gasteiger partial charge in [0.2, 0.25) is 5.91 Å². The van der Waals surface area contributed by atoms with Crippen LogP contribution in [0.1, 0.15) is 123 Å². The van der Waals surface area contributed by atoms with Gasteiger partial charge in [-0.1, -0.05) is 62.2 Å². The standard InChI is InChI=1S/C39H48N4O5/c1-2-26-15-16-34-30(22-26)32(24-39(48-34)18-9-19-39)40-20-17-31(36(45)27-10-4-3-5-11-27)41-37(46)28-23-33(42-21-8-14-35(42)44)38(47)43(25-28)29-12-6-7-13-29/h3-5,10-11,15-16,22-23,25,29,31-32,36,40,45H,2,6-9,12-14,17-21,24H2,1H3,(H,41,46)/t31?,32?,36-/m1/s1. The molecule has 3 fully saturated rings. The van der Waals surface area contributed by atoms with Crippen LogP contribution in [0.3, 0.4) is 0 Å². The number of ether oxygens (including phenoxy) is 1. The summed E-state index contributed by atoms with van der Waals surface area (Å²) in [5, 5.41) is 18.5. The van der Waals surface area contributed by atoms with Crippen molar-refractivity contribution in [2.75, 3.05) is 18.0 Å². The van der Waals surface area contributed by atoms with E-state index in [4.69, 9.17) is 4.74 Å². The third-order valence-corrected chi connectivity index (χ3v) is 11.1. The Kier molecular flexibility index (Phi) is 9.43. The number of anilines is 1. The van der Waals surface area contributed by atoms with Gasteiger partial charge < -0.3 is 29.9 Å². The van der Waals surface area contributed by atoms with Crippen LogP contribution in [0.2, 0.25) is 0 Å². The molecule has 254 valence electrons. The Bertz CT molecular complexity index is 1690. The Labute approximate surface area is 282 Å². The summed E-state index contributed by atoms with van der Waals surface area (Å²) >= 11 is 0. The third-order valence-electron chi connectivity index (χ3n) is 11.1.